The summed E-state index contributed by atoms with van der Waals surface area (Å²) in [5, 5.41) is 3.26. The topological polar surface area (TPSA) is 38.3 Å². The Bertz CT molecular complexity index is 511. The highest BCUT2D eigenvalue weighted by Gasteiger charge is 2.47. The van der Waals surface area contributed by atoms with Crippen molar-refractivity contribution >= 4 is 21.8 Å². The second kappa shape index (κ2) is 6.49. The zero-order chi connectivity index (χ0) is 14.7. The molecule has 1 aromatic carbocycles. The van der Waals surface area contributed by atoms with Gasteiger partial charge in [-0.1, -0.05) is 34.1 Å². The van der Waals surface area contributed by atoms with Crippen LogP contribution in [-0.2, 0) is 16.0 Å². The van der Waals surface area contributed by atoms with Crippen molar-refractivity contribution < 1.29 is 9.53 Å². The van der Waals surface area contributed by atoms with Gasteiger partial charge in [-0.05, 0) is 49.1 Å². The van der Waals surface area contributed by atoms with Gasteiger partial charge in [0, 0.05) is 30.1 Å². The number of nitrogens with one attached hydrogen (secondary N) is 1. The fourth-order valence-corrected chi connectivity index (χ4v) is 4.00. The average molecular weight is 352 g/mol. The molecule has 2 fully saturated rings. The van der Waals surface area contributed by atoms with Crippen LogP contribution in [0.25, 0.3) is 0 Å². The lowest BCUT2D eigenvalue weighted by molar-refractivity contribution is -0.127. The van der Waals surface area contributed by atoms with Crippen LogP contribution in [0.5, 0.6) is 0 Å². The first-order valence-electron chi connectivity index (χ1n) is 7.80. The number of carbonyl (C=O) groups is 1. The van der Waals surface area contributed by atoms with E-state index >= 15 is 0 Å². The predicted molar refractivity (Wildman–Crippen MR) is 86.1 cm³/mol. The second-order valence-electron chi connectivity index (χ2n) is 6.22. The van der Waals surface area contributed by atoms with Crippen LogP contribution in [0.3, 0.4) is 0 Å². The normalized spacial score (nSPS) is 23.6. The predicted octanol–water partition coefficient (Wildman–Crippen LogP) is 3.46. The van der Waals surface area contributed by atoms with Gasteiger partial charge in [0.05, 0.1) is 0 Å². The Labute approximate surface area is 134 Å². The SMILES string of the molecule is O=C(CCc1ccccc1Br)NC1CCC12CCOCC2. The van der Waals surface area contributed by atoms with Crippen molar-refractivity contribution in [3.8, 4) is 0 Å². The third kappa shape index (κ3) is 3.32. The van der Waals surface area contributed by atoms with Crippen LogP contribution in [0, 0.1) is 5.41 Å². The Balaban J connectivity index is 1.49. The van der Waals surface area contributed by atoms with Crippen LogP contribution in [0.1, 0.15) is 37.7 Å². The van der Waals surface area contributed by atoms with Gasteiger partial charge in [0.25, 0.3) is 0 Å². The van der Waals surface area contributed by atoms with Gasteiger partial charge in [-0.25, -0.2) is 0 Å². The molecule has 3 nitrogen and oxygen atoms in total. The van der Waals surface area contributed by atoms with Crippen molar-refractivity contribution in [1.82, 2.24) is 5.32 Å². The van der Waals surface area contributed by atoms with Crippen molar-refractivity contribution in [3.05, 3.63) is 34.3 Å². The van der Waals surface area contributed by atoms with Crippen LogP contribution in [0.2, 0.25) is 0 Å². The largest absolute Gasteiger partial charge is 0.381 e. The molecule has 3 rings (SSSR count). The summed E-state index contributed by atoms with van der Waals surface area (Å²) in [6, 6.07) is 8.47. The van der Waals surface area contributed by atoms with E-state index in [2.05, 4.69) is 27.3 Å². The Hall–Kier alpha value is -0.870. The molecule has 0 bridgehead atoms. The number of amides is 1. The number of halogens is 1. The highest BCUT2D eigenvalue weighted by molar-refractivity contribution is 9.10. The van der Waals surface area contributed by atoms with Gasteiger partial charge in [0.2, 0.25) is 5.91 Å². The van der Waals surface area contributed by atoms with Gasteiger partial charge in [0.1, 0.15) is 0 Å². The van der Waals surface area contributed by atoms with E-state index in [0.717, 1.165) is 43.4 Å². The Morgan fingerprint density at radius 1 is 1.29 bits per heavy atom. The Kier molecular flexibility index (Phi) is 4.65. The molecular formula is C17H22BrNO2. The highest BCUT2D eigenvalue weighted by Crippen LogP contribution is 2.48. The molecule has 1 aliphatic carbocycles. The number of benzene rings is 1. The van der Waals surface area contributed by atoms with Crippen molar-refractivity contribution in [2.75, 3.05) is 13.2 Å². The summed E-state index contributed by atoms with van der Waals surface area (Å²) in [5.41, 5.74) is 1.53. The maximum absolute atomic E-state index is 12.2. The van der Waals surface area contributed by atoms with E-state index in [4.69, 9.17) is 4.74 Å². The molecule has 114 valence electrons. The molecule has 1 aliphatic heterocycles. The van der Waals surface area contributed by atoms with E-state index in [9.17, 15) is 4.79 Å². The van der Waals surface area contributed by atoms with Crippen LogP contribution < -0.4 is 5.32 Å². The molecule has 1 saturated carbocycles. The van der Waals surface area contributed by atoms with Gasteiger partial charge in [0.15, 0.2) is 0 Å². The quantitative estimate of drug-likeness (QED) is 0.901. The van der Waals surface area contributed by atoms with Crippen LogP contribution in [0.15, 0.2) is 28.7 Å². The summed E-state index contributed by atoms with van der Waals surface area (Å²) in [7, 11) is 0. The zero-order valence-corrected chi connectivity index (χ0v) is 13.8. The fourth-order valence-electron chi connectivity index (χ4n) is 3.51. The van der Waals surface area contributed by atoms with Gasteiger partial charge in [-0.3, -0.25) is 4.79 Å². The monoisotopic (exact) mass is 351 g/mol. The van der Waals surface area contributed by atoms with E-state index in [1.54, 1.807) is 0 Å². The number of ether oxygens (including phenoxy) is 1. The van der Waals surface area contributed by atoms with Crippen molar-refractivity contribution in [3.63, 3.8) is 0 Å². The molecule has 21 heavy (non-hydrogen) atoms. The maximum Gasteiger partial charge on any atom is 0.220 e. The molecule has 1 N–H and O–H groups in total. The lowest BCUT2D eigenvalue weighted by atomic mass is 9.60. The molecule has 1 unspecified atom stereocenters. The first-order chi connectivity index (χ1) is 10.2. The minimum Gasteiger partial charge on any atom is -0.381 e. The molecule has 0 radical (unpaired) electrons. The molecule has 4 heteroatoms. The number of aryl methyl sites for hydroxylation is 1. The maximum atomic E-state index is 12.2. The van der Waals surface area contributed by atoms with E-state index in [0.29, 0.717) is 17.9 Å². The lowest BCUT2D eigenvalue weighted by Gasteiger charge is -2.52. The number of hydrogen-bond donors (Lipinski definition) is 1. The minimum atomic E-state index is 0.182. The summed E-state index contributed by atoms with van der Waals surface area (Å²) < 4.78 is 6.54. The third-order valence-corrected chi connectivity index (χ3v) is 5.85. The van der Waals surface area contributed by atoms with E-state index < -0.39 is 0 Å². The molecule has 0 aromatic heterocycles. The first kappa shape index (κ1) is 15.0. The average Bonchev–Trinajstić information content (AvgIpc) is 2.51. The molecule has 1 heterocycles. The molecular weight excluding hydrogens is 330 g/mol. The van der Waals surface area contributed by atoms with Crippen molar-refractivity contribution in [2.45, 2.75) is 44.6 Å². The summed E-state index contributed by atoms with van der Waals surface area (Å²) in [6.45, 7) is 1.70. The standard InChI is InChI=1S/C17H22BrNO2/c18-14-4-2-1-3-13(14)5-6-16(20)19-15-7-8-17(15)9-11-21-12-10-17/h1-4,15H,5-12H2,(H,19,20). The van der Waals surface area contributed by atoms with Crippen LogP contribution >= 0.6 is 15.9 Å². The summed E-state index contributed by atoms with van der Waals surface area (Å²) >= 11 is 3.53. The van der Waals surface area contributed by atoms with Crippen LogP contribution in [0.4, 0.5) is 0 Å². The zero-order valence-electron chi connectivity index (χ0n) is 12.2. The van der Waals surface area contributed by atoms with Crippen molar-refractivity contribution in [1.29, 1.82) is 0 Å². The molecule has 1 saturated heterocycles. The van der Waals surface area contributed by atoms with Gasteiger partial charge in [-0.15, -0.1) is 0 Å². The molecule has 1 atom stereocenters. The first-order valence-corrected chi connectivity index (χ1v) is 8.59. The van der Waals surface area contributed by atoms with E-state index in [1.165, 1.54) is 12.0 Å². The van der Waals surface area contributed by atoms with Crippen molar-refractivity contribution in [2.24, 2.45) is 5.41 Å². The Morgan fingerprint density at radius 2 is 2.05 bits per heavy atom. The summed E-state index contributed by atoms with van der Waals surface area (Å²) in [5.74, 6) is 0.182. The molecule has 1 spiro atoms. The third-order valence-electron chi connectivity index (χ3n) is 5.07. The highest BCUT2D eigenvalue weighted by atomic mass is 79.9. The fraction of sp³-hybridized carbons (Fsp3) is 0.588. The van der Waals surface area contributed by atoms with Gasteiger partial charge >= 0.3 is 0 Å². The minimum absolute atomic E-state index is 0.182. The molecule has 1 aromatic rings. The van der Waals surface area contributed by atoms with E-state index in [-0.39, 0.29) is 5.91 Å². The number of hydrogen-bond acceptors (Lipinski definition) is 2. The van der Waals surface area contributed by atoms with Crippen LogP contribution in [-0.4, -0.2) is 25.2 Å². The Morgan fingerprint density at radius 3 is 2.71 bits per heavy atom. The summed E-state index contributed by atoms with van der Waals surface area (Å²) in [6.07, 6.45) is 5.92. The number of carbonyl (C=O) groups excluding carboxylic acids is 1. The number of rotatable bonds is 4. The summed E-state index contributed by atoms with van der Waals surface area (Å²) in [4.78, 5) is 12.2. The van der Waals surface area contributed by atoms with E-state index in [1.807, 2.05) is 18.2 Å². The smallest absolute Gasteiger partial charge is 0.220 e. The van der Waals surface area contributed by atoms with Gasteiger partial charge < -0.3 is 10.1 Å². The van der Waals surface area contributed by atoms with Gasteiger partial charge in [-0.2, -0.15) is 0 Å². The molecule has 1 amide bonds. The lowest BCUT2D eigenvalue weighted by Crippen LogP contribution is -2.57. The molecule has 2 aliphatic rings. The second-order valence-corrected chi connectivity index (χ2v) is 7.08.